The quantitative estimate of drug-likeness (QED) is 0.167. The number of aromatic nitrogens is 2. The Balaban J connectivity index is 1.22. The first-order valence-electron chi connectivity index (χ1n) is 21.5. The van der Waals surface area contributed by atoms with Gasteiger partial charge in [-0.25, -0.2) is 0 Å². The van der Waals surface area contributed by atoms with Gasteiger partial charge in [0.2, 0.25) is 6.71 Å². The third-order valence-electron chi connectivity index (χ3n) is 13.8. The van der Waals surface area contributed by atoms with Gasteiger partial charge >= 0.3 is 0 Å². The number of para-hydroxylation sites is 2. The first kappa shape index (κ1) is 34.0. The van der Waals surface area contributed by atoms with Gasteiger partial charge in [-0.1, -0.05) is 151 Å². The lowest BCUT2D eigenvalue weighted by molar-refractivity contribution is 0.666. The second-order valence-electron chi connectivity index (χ2n) is 17.3. The molecule has 0 aliphatic carbocycles. The molecule has 9 aromatic carbocycles. The molecule has 0 amide bonds. The van der Waals surface area contributed by atoms with Gasteiger partial charge in [-0.3, -0.25) is 8.97 Å². The summed E-state index contributed by atoms with van der Waals surface area (Å²) in [5.74, 6) is 0. The van der Waals surface area contributed by atoms with Crippen LogP contribution >= 0.6 is 0 Å². The minimum absolute atomic E-state index is 0.0673. The van der Waals surface area contributed by atoms with Crippen molar-refractivity contribution in [3.63, 3.8) is 0 Å². The molecule has 0 unspecified atom stereocenters. The molecule has 0 spiro atoms. The highest BCUT2D eigenvalue weighted by atomic mass is 16.3. The molecule has 5 heterocycles. The van der Waals surface area contributed by atoms with Crippen LogP contribution in [-0.4, -0.2) is 15.7 Å². The van der Waals surface area contributed by atoms with Crippen LogP contribution in [0, 0.1) is 20.8 Å². The number of aryl methyl sites for hydroxylation is 3. The number of fused-ring (bicyclic) bond motifs is 15. The summed E-state index contributed by atoms with van der Waals surface area (Å²) in [7, 11) is 0. The maximum Gasteiger partial charge on any atom is 0.247 e. The smallest absolute Gasteiger partial charge is 0.247 e. The van der Waals surface area contributed by atoms with Gasteiger partial charge in [0.05, 0.1) is 22.2 Å². The summed E-state index contributed by atoms with van der Waals surface area (Å²) < 4.78 is 19.1. The minimum Gasteiger partial charge on any atom is -0.455 e. The maximum atomic E-state index is 7.08. The number of hydrogen-bond donors (Lipinski definition) is 0. The SMILES string of the molecule is Cc1cc(C)c(-c2cc3c(cc4n5c6c(ccc7cccc(c76)n34)B(c3ccccc3-c3ccccc3)c3ccc4c(oc6ccccc64)c3-5)c3c2oc2ccccc23)c(C)c1. The third-order valence-corrected chi connectivity index (χ3v) is 13.8. The van der Waals surface area contributed by atoms with E-state index in [9.17, 15) is 0 Å². The summed E-state index contributed by atoms with van der Waals surface area (Å²) in [6.45, 7) is 6.58. The molecule has 0 atom stereocenters. The van der Waals surface area contributed by atoms with Crippen LogP contribution < -0.4 is 16.4 Å². The molecule has 13 aromatic rings. The molecule has 0 saturated heterocycles. The zero-order chi connectivity index (χ0) is 41.0. The van der Waals surface area contributed by atoms with Crippen molar-refractivity contribution in [2.75, 3.05) is 0 Å². The van der Waals surface area contributed by atoms with Crippen molar-refractivity contribution in [2.45, 2.75) is 20.8 Å². The Bertz CT molecular complexity index is 4060. The second kappa shape index (κ2) is 12.2. The molecule has 1 aliphatic rings. The van der Waals surface area contributed by atoms with E-state index in [2.05, 4.69) is 200 Å². The lowest BCUT2D eigenvalue weighted by Gasteiger charge is -2.31. The van der Waals surface area contributed by atoms with Gasteiger partial charge in [-0.15, -0.1) is 0 Å². The lowest BCUT2D eigenvalue weighted by atomic mass is 9.34. The number of rotatable bonds is 3. The predicted molar refractivity (Wildman–Crippen MR) is 260 cm³/mol. The van der Waals surface area contributed by atoms with Crippen LogP contribution in [0.4, 0.5) is 0 Å². The molecule has 62 heavy (non-hydrogen) atoms. The fraction of sp³-hybridized carbons (Fsp3) is 0.0526. The van der Waals surface area contributed by atoms with Crippen LogP contribution in [0.25, 0.3) is 110 Å². The summed E-state index contributed by atoms with van der Waals surface area (Å²) in [4.78, 5) is 0. The molecule has 0 saturated carbocycles. The standard InChI is InChI=1S/C57H37BN2O2/c1-32-28-33(2)51(34(3)29-32)42-30-47-41(53-40-19-9-12-23-49(40)61-56(42)53)31-50-59(47)46-21-13-16-36-24-26-44-54(52(36)46)60(50)55-45(27-25-39-38-18-8-11-22-48(38)62-57(39)55)58(44)43-20-10-7-17-37(43)35-14-5-4-6-15-35/h4-31H,1-3H3. The average Bonchev–Trinajstić information content (AvgIpc) is 4.00. The summed E-state index contributed by atoms with van der Waals surface area (Å²) in [5, 5.41) is 8.09. The second-order valence-corrected chi connectivity index (χ2v) is 17.3. The van der Waals surface area contributed by atoms with E-state index >= 15 is 0 Å². The molecule has 5 heteroatoms. The zero-order valence-electron chi connectivity index (χ0n) is 34.5. The van der Waals surface area contributed by atoms with Gasteiger partial charge < -0.3 is 8.83 Å². The number of benzene rings is 9. The van der Waals surface area contributed by atoms with E-state index in [1.807, 2.05) is 0 Å². The lowest BCUT2D eigenvalue weighted by Crippen LogP contribution is -2.56. The fourth-order valence-electron chi connectivity index (χ4n) is 11.5. The molecule has 0 bridgehead atoms. The molecule has 290 valence electrons. The highest BCUT2D eigenvalue weighted by molar-refractivity contribution is 6.99. The Hall–Kier alpha value is -7.76. The Morgan fingerprint density at radius 1 is 0.468 bits per heavy atom. The molecule has 0 N–H and O–H groups in total. The summed E-state index contributed by atoms with van der Waals surface area (Å²) >= 11 is 0. The minimum atomic E-state index is -0.0673. The van der Waals surface area contributed by atoms with Crippen LogP contribution in [0.5, 0.6) is 0 Å². The van der Waals surface area contributed by atoms with Crippen LogP contribution in [0.15, 0.2) is 179 Å². The Labute approximate surface area is 356 Å². The van der Waals surface area contributed by atoms with Crippen molar-refractivity contribution in [1.29, 1.82) is 0 Å². The van der Waals surface area contributed by atoms with E-state index in [1.165, 1.54) is 71.6 Å². The van der Waals surface area contributed by atoms with E-state index < -0.39 is 0 Å². The van der Waals surface area contributed by atoms with E-state index in [1.54, 1.807) is 0 Å². The zero-order valence-corrected chi connectivity index (χ0v) is 34.5. The van der Waals surface area contributed by atoms with Gasteiger partial charge in [0.15, 0.2) is 5.58 Å². The normalized spacial score (nSPS) is 12.7. The molecular formula is C57H37BN2O2. The van der Waals surface area contributed by atoms with Gasteiger partial charge in [0, 0.05) is 37.9 Å². The van der Waals surface area contributed by atoms with Crippen LogP contribution in [0.3, 0.4) is 0 Å². The Morgan fingerprint density at radius 3 is 2.02 bits per heavy atom. The summed E-state index contributed by atoms with van der Waals surface area (Å²) in [6.07, 6.45) is 0. The first-order chi connectivity index (χ1) is 30.5. The molecule has 14 rings (SSSR count). The van der Waals surface area contributed by atoms with Crippen molar-refractivity contribution in [1.82, 2.24) is 8.97 Å². The first-order valence-corrected chi connectivity index (χ1v) is 21.5. The van der Waals surface area contributed by atoms with Crippen molar-refractivity contribution >= 4 is 105 Å². The number of hydrogen-bond acceptors (Lipinski definition) is 2. The van der Waals surface area contributed by atoms with Crippen LogP contribution in [0.1, 0.15) is 16.7 Å². The van der Waals surface area contributed by atoms with Crippen LogP contribution in [-0.2, 0) is 0 Å². The van der Waals surface area contributed by atoms with Crippen molar-refractivity contribution < 1.29 is 8.83 Å². The van der Waals surface area contributed by atoms with Crippen molar-refractivity contribution in [3.05, 3.63) is 187 Å². The van der Waals surface area contributed by atoms with Gasteiger partial charge in [-0.2, -0.15) is 0 Å². The molecule has 4 nitrogen and oxygen atoms in total. The predicted octanol–water partition coefficient (Wildman–Crippen LogP) is 13.1. The monoisotopic (exact) mass is 792 g/mol. The molecule has 0 radical (unpaired) electrons. The highest BCUT2D eigenvalue weighted by Gasteiger charge is 2.37. The summed E-state index contributed by atoms with van der Waals surface area (Å²) in [6, 6.07) is 62.3. The Kier molecular flexibility index (Phi) is 6.68. The molecule has 0 fully saturated rings. The molecular weight excluding hydrogens is 755 g/mol. The van der Waals surface area contributed by atoms with Gasteiger partial charge in [-0.05, 0) is 95.2 Å². The van der Waals surface area contributed by atoms with Crippen molar-refractivity contribution in [2.24, 2.45) is 0 Å². The topological polar surface area (TPSA) is 35.6 Å². The van der Waals surface area contributed by atoms with Crippen molar-refractivity contribution in [3.8, 4) is 27.9 Å². The van der Waals surface area contributed by atoms with E-state index in [0.29, 0.717) is 0 Å². The van der Waals surface area contributed by atoms with Crippen LogP contribution in [0.2, 0.25) is 0 Å². The van der Waals surface area contributed by atoms with E-state index in [4.69, 9.17) is 8.83 Å². The largest absolute Gasteiger partial charge is 0.455 e. The van der Waals surface area contributed by atoms with Gasteiger partial charge in [0.1, 0.15) is 22.4 Å². The van der Waals surface area contributed by atoms with E-state index in [-0.39, 0.29) is 6.71 Å². The summed E-state index contributed by atoms with van der Waals surface area (Å²) in [5.41, 5.74) is 21.6. The highest BCUT2D eigenvalue weighted by Crippen LogP contribution is 2.46. The molecule has 4 aromatic heterocycles. The third kappa shape index (κ3) is 4.37. The number of furan rings is 2. The maximum absolute atomic E-state index is 7.08. The Morgan fingerprint density at radius 2 is 1.18 bits per heavy atom. The van der Waals surface area contributed by atoms with E-state index in [0.717, 1.165) is 71.7 Å². The number of nitrogens with zero attached hydrogens (tertiary/aromatic N) is 2. The van der Waals surface area contributed by atoms with Gasteiger partial charge in [0.25, 0.3) is 0 Å². The average molecular weight is 793 g/mol. The fourth-order valence-corrected chi connectivity index (χ4v) is 11.5. The molecule has 1 aliphatic heterocycles.